The van der Waals surface area contributed by atoms with Crippen LogP contribution in [0, 0.1) is 5.82 Å². The van der Waals surface area contributed by atoms with Crippen molar-refractivity contribution >= 4 is 11.6 Å². The summed E-state index contributed by atoms with van der Waals surface area (Å²) >= 11 is 0. The average Bonchev–Trinajstić information content (AvgIpc) is 3.46. The second kappa shape index (κ2) is 6.12. The number of carbonyl (C=O) groups is 1. The molecule has 0 atom stereocenters. The molecule has 2 heterocycles. The van der Waals surface area contributed by atoms with Crippen LogP contribution in [0.3, 0.4) is 0 Å². The lowest BCUT2D eigenvalue weighted by Gasteiger charge is -2.22. The Labute approximate surface area is 143 Å². The second-order valence-corrected chi connectivity index (χ2v) is 6.20. The van der Waals surface area contributed by atoms with Crippen LogP contribution in [0.4, 0.5) is 4.39 Å². The Bertz CT molecular complexity index is 993. The molecule has 0 radical (unpaired) electrons. The summed E-state index contributed by atoms with van der Waals surface area (Å²) in [5.74, 6) is -0.646. The third-order valence-electron chi connectivity index (χ3n) is 4.36. The number of halogens is 1. The maximum Gasteiger partial charge on any atom is 0.270 e. The van der Waals surface area contributed by atoms with Crippen molar-refractivity contribution in [3.63, 3.8) is 0 Å². The number of hydrogen-bond acceptors (Lipinski definition) is 3. The van der Waals surface area contributed by atoms with Crippen molar-refractivity contribution in [2.45, 2.75) is 25.4 Å². The van der Waals surface area contributed by atoms with Gasteiger partial charge in [0.25, 0.3) is 11.5 Å². The van der Waals surface area contributed by atoms with Gasteiger partial charge in [-0.3, -0.25) is 14.0 Å². The van der Waals surface area contributed by atoms with Gasteiger partial charge in [0.2, 0.25) is 0 Å². The molecule has 6 heteroatoms. The van der Waals surface area contributed by atoms with Crippen molar-refractivity contribution in [1.29, 1.82) is 0 Å². The molecule has 1 aromatic carbocycles. The van der Waals surface area contributed by atoms with Crippen molar-refractivity contribution in [1.82, 2.24) is 14.3 Å². The molecule has 0 N–H and O–H groups in total. The summed E-state index contributed by atoms with van der Waals surface area (Å²) in [5, 5.41) is 0. The molecule has 1 aliphatic rings. The second-order valence-electron chi connectivity index (χ2n) is 6.20. The minimum atomic E-state index is -0.375. The van der Waals surface area contributed by atoms with Gasteiger partial charge in [-0.2, -0.15) is 0 Å². The molecule has 25 heavy (non-hydrogen) atoms. The summed E-state index contributed by atoms with van der Waals surface area (Å²) in [4.78, 5) is 31.5. The Kier molecular flexibility index (Phi) is 3.80. The van der Waals surface area contributed by atoms with Crippen molar-refractivity contribution in [3.8, 4) is 0 Å². The van der Waals surface area contributed by atoms with E-state index in [-0.39, 0.29) is 28.9 Å². The lowest BCUT2D eigenvalue weighted by molar-refractivity contribution is 0.0727. The minimum absolute atomic E-state index is 0.0534. The van der Waals surface area contributed by atoms with Crippen LogP contribution in [0.1, 0.15) is 28.8 Å². The highest BCUT2D eigenvalue weighted by atomic mass is 19.1. The number of fused-ring (bicyclic) bond motifs is 1. The zero-order chi connectivity index (χ0) is 17.4. The van der Waals surface area contributed by atoms with Crippen molar-refractivity contribution in [2.75, 3.05) is 0 Å². The third-order valence-corrected chi connectivity index (χ3v) is 4.36. The zero-order valence-electron chi connectivity index (χ0n) is 13.4. The average molecular weight is 337 g/mol. The van der Waals surface area contributed by atoms with Gasteiger partial charge >= 0.3 is 0 Å². The summed E-state index contributed by atoms with van der Waals surface area (Å²) in [7, 11) is 0. The predicted octanol–water partition coefficient (Wildman–Crippen LogP) is 2.64. The summed E-state index contributed by atoms with van der Waals surface area (Å²) in [5.41, 5.74) is 1.01. The fraction of sp³-hybridized carbons (Fsp3) is 0.211. The molecule has 0 saturated heterocycles. The highest BCUT2D eigenvalue weighted by Gasteiger charge is 2.34. The molecular formula is C19H16FN3O2. The van der Waals surface area contributed by atoms with Crippen LogP contribution in [-0.4, -0.2) is 26.2 Å². The largest absolute Gasteiger partial charge is 0.331 e. The molecule has 126 valence electrons. The quantitative estimate of drug-likeness (QED) is 0.735. The Hall–Kier alpha value is -3.02. The molecule has 1 saturated carbocycles. The number of amides is 1. The SMILES string of the molecule is O=C(c1cnc2ccccn2c1=O)N(Cc1ccc(F)cc1)C1CC1. The number of rotatable bonds is 4. The van der Waals surface area contributed by atoms with E-state index in [1.807, 2.05) is 0 Å². The zero-order valence-corrected chi connectivity index (χ0v) is 13.4. The Balaban J connectivity index is 1.68. The first-order valence-electron chi connectivity index (χ1n) is 8.15. The maximum atomic E-state index is 13.1. The van der Waals surface area contributed by atoms with Crippen LogP contribution in [0.2, 0.25) is 0 Å². The van der Waals surface area contributed by atoms with Gasteiger partial charge in [-0.25, -0.2) is 9.37 Å². The number of benzene rings is 1. The van der Waals surface area contributed by atoms with Gasteiger partial charge in [0.1, 0.15) is 17.0 Å². The van der Waals surface area contributed by atoms with Gasteiger partial charge in [0.05, 0.1) is 0 Å². The van der Waals surface area contributed by atoms with Crippen molar-refractivity contribution in [3.05, 3.63) is 82.2 Å². The fourth-order valence-corrected chi connectivity index (χ4v) is 2.87. The predicted molar refractivity (Wildman–Crippen MR) is 90.8 cm³/mol. The van der Waals surface area contributed by atoms with Gasteiger partial charge < -0.3 is 4.90 Å². The molecule has 1 amide bonds. The van der Waals surface area contributed by atoms with Crippen molar-refractivity contribution in [2.24, 2.45) is 0 Å². The van der Waals surface area contributed by atoms with E-state index < -0.39 is 0 Å². The first kappa shape index (κ1) is 15.5. The molecule has 3 aromatic rings. The van der Waals surface area contributed by atoms with Crippen LogP contribution in [0.15, 0.2) is 59.7 Å². The molecule has 4 rings (SSSR count). The molecular weight excluding hydrogens is 321 g/mol. The van der Waals surface area contributed by atoms with E-state index in [1.54, 1.807) is 41.4 Å². The highest BCUT2D eigenvalue weighted by molar-refractivity contribution is 5.94. The van der Waals surface area contributed by atoms with Crippen LogP contribution in [-0.2, 0) is 6.54 Å². The molecule has 0 bridgehead atoms. The maximum absolute atomic E-state index is 13.1. The molecule has 5 nitrogen and oxygen atoms in total. The molecule has 1 aliphatic carbocycles. The van der Waals surface area contributed by atoms with Gasteiger partial charge in [-0.15, -0.1) is 0 Å². The van der Waals surface area contributed by atoms with Crippen molar-refractivity contribution < 1.29 is 9.18 Å². The summed E-state index contributed by atoms with van der Waals surface area (Å²) in [6.45, 7) is 0.348. The third kappa shape index (κ3) is 3.03. The lowest BCUT2D eigenvalue weighted by Crippen LogP contribution is -2.37. The lowest BCUT2D eigenvalue weighted by atomic mass is 10.2. The van der Waals surface area contributed by atoms with Crippen LogP contribution < -0.4 is 5.56 Å². The van der Waals surface area contributed by atoms with Gasteiger partial charge in [0.15, 0.2) is 0 Å². The molecule has 0 spiro atoms. The van der Waals surface area contributed by atoms with Gasteiger partial charge in [-0.05, 0) is 42.7 Å². The number of nitrogens with zero attached hydrogens (tertiary/aromatic N) is 3. The molecule has 1 fully saturated rings. The first-order valence-corrected chi connectivity index (χ1v) is 8.15. The van der Waals surface area contributed by atoms with E-state index >= 15 is 0 Å². The number of hydrogen-bond donors (Lipinski definition) is 0. The summed E-state index contributed by atoms with van der Waals surface area (Å²) < 4.78 is 14.5. The topological polar surface area (TPSA) is 54.7 Å². The van der Waals surface area contributed by atoms with Crippen LogP contribution in [0.5, 0.6) is 0 Å². The summed E-state index contributed by atoms with van der Waals surface area (Å²) in [6, 6.07) is 11.4. The standard InChI is InChI=1S/C19H16FN3O2/c20-14-6-4-13(5-7-14)12-23(15-8-9-15)19(25)16-11-21-17-3-1-2-10-22(17)18(16)24/h1-7,10-11,15H,8-9,12H2. The van der Waals surface area contributed by atoms with E-state index in [4.69, 9.17) is 0 Å². The smallest absolute Gasteiger partial charge is 0.270 e. The van der Waals surface area contributed by atoms with E-state index in [1.165, 1.54) is 22.7 Å². The Morgan fingerprint density at radius 1 is 1.20 bits per heavy atom. The molecule has 0 unspecified atom stereocenters. The molecule has 0 aliphatic heterocycles. The Morgan fingerprint density at radius 2 is 1.96 bits per heavy atom. The fourth-order valence-electron chi connectivity index (χ4n) is 2.87. The normalized spacial score (nSPS) is 13.8. The first-order chi connectivity index (χ1) is 12.1. The molecule has 2 aromatic heterocycles. The van der Waals surface area contributed by atoms with E-state index in [0.717, 1.165) is 18.4 Å². The number of carbonyl (C=O) groups excluding carboxylic acids is 1. The van der Waals surface area contributed by atoms with E-state index in [0.29, 0.717) is 12.2 Å². The highest BCUT2D eigenvalue weighted by Crippen LogP contribution is 2.29. The monoisotopic (exact) mass is 337 g/mol. The Morgan fingerprint density at radius 3 is 2.68 bits per heavy atom. The van der Waals surface area contributed by atoms with E-state index in [9.17, 15) is 14.0 Å². The summed E-state index contributed by atoms with van der Waals surface area (Å²) in [6.07, 6.45) is 4.77. The number of pyridine rings is 1. The van der Waals surface area contributed by atoms with Crippen LogP contribution in [0.25, 0.3) is 5.65 Å². The van der Waals surface area contributed by atoms with Gasteiger partial charge in [0, 0.05) is 25.0 Å². The minimum Gasteiger partial charge on any atom is -0.331 e. The van der Waals surface area contributed by atoms with E-state index in [2.05, 4.69) is 4.98 Å². The number of aromatic nitrogens is 2. The van der Waals surface area contributed by atoms with Gasteiger partial charge in [-0.1, -0.05) is 18.2 Å². The van der Waals surface area contributed by atoms with Crippen LogP contribution >= 0.6 is 0 Å².